The Morgan fingerprint density at radius 1 is 1.35 bits per heavy atom. The van der Waals surface area contributed by atoms with Gasteiger partial charge in [-0.15, -0.1) is 0 Å². The van der Waals surface area contributed by atoms with Gasteiger partial charge >= 0.3 is 0 Å². The smallest absolute Gasteiger partial charge is 0.228 e. The van der Waals surface area contributed by atoms with Crippen molar-refractivity contribution >= 4 is 16.9 Å². The Morgan fingerprint density at radius 2 is 2.25 bits per heavy atom. The van der Waals surface area contributed by atoms with Crippen LogP contribution < -0.4 is 5.32 Å². The second-order valence-electron chi connectivity index (χ2n) is 4.73. The normalized spacial score (nSPS) is 11.3. The van der Waals surface area contributed by atoms with Gasteiger partial charge < -0.3 is 9.84 Å². The van der Waals surface area contributed by atoms with Gasteiger partial charge in [0.05, 0.1) is 11.6 Å². The van der Waals surface area contributed by atoms with Gasteiger partial charge in [0, 0.05) is 18.9 Å². The van der Waals surface area contributed by atoms with E-state index in [4.69, 9.17) is 4.52 Å². The molecule has 0 aliphatic heterocycles. The highest BCUT2D eigenvalue weighted by atomic mass is 16.5. The summed E-state index contributed by atoms with van der Waals surface area (Å²) in [5.74, 6) is 2.37. The van der Waals surface area contributed by atoms with Crippen LogP contribution in [0.3, 0.4) is 0 Å². The lowest BCUT2D eigenvalue weighted by Gasteiger charge is -2.03. The summed E-state index contributed by atoms with van der Waals surface area (Å²) >= 11 is 0. The van der Waals surface area contributed by atoms with Crippen LogP contribution in [0, 0.1) is 0 Å². The first kappa shape index (κ1) is 12.5. The SMILES string of the molecule is CC(C)c1noc(CCNc2ncnc3[nH]ncc23)n1. The zero-order valence-electron chi connectivity index (χ0n) is 11.3. The molecule has 0 aliphatic rings. The van der Waals surface area contributed by atoms with Crippen molar-refractivity contribution in [3.8, 4) is 0 Å². The molecule has 20 heavy (non-hydrogen) atoms. The zero-order chi connectivity index (χ0) is 13.9. The summed E-state index contributed by atoms with van der Waals surface area (Å²) < 4.78 is 5.18. The molecule has 3 aromatic heterocycles. The molecule has 0 unspecified atom stereocenters. The lowest BCUT2D eigenvalue weighted by molar-refractivity contribution is 0.373. The molecule has 0 amide bonds. The van der Waals surface area contributed by atoms with Gasteiger partial charge in [0.25, 0.3) is 0 Å². The van der Waals surface area contributed by atoms with Gasteiger partial charge in [-0.1, -0.05) is 19.0 Å². The van der Waals surface area contributed by atoms with E-state index in [-0.39, 0.29) is 5.92 Å². The van der Waals surface area contributed by atoms with Crippen molar-refractivity contribution in [1.29, 1.82) is 0 Å². The van der Waals surface area contributed by atoms with Crippen LogP contribution in [0.2, 0.25) is 0 Å². The van der Waals surface area contributed by atoms with Gasteiger partial charge in [0.2, 0.25) is 5.89 Å². The quantitative estimate of drug-likeness (QED) is 0.725. The fraction of sp³-hybridized carbons (Fsp3) is 0.417. The predicted octanol–water partition coefficient (Wildman–Crippen LogP) is 1.51. The molecule has 0 spiro atoms. The Balaban J connectivity index is 1.63. The Labute approximate surface area is 115 Å². The summed E-state index contributed by atoms with van der Waals surface area (Å²) in [5.41, 5.74) is 0.711. The highest BCUT2D eigenvalue weighted by molar-refractivity contribution is 5.85. The second-order valence-corrected chi connectivity index (χ2v) is 4.73. The number of nitrogens with one attached hydrogen (secondary N) is 2. The van der Waals surface area contributed by atoms with Crippen LogP contribution in [0.1, 0.15) is 31.5 Å². The van der Waals surface area contributed by atoms with Crippen molar-refractivity contribution in [1.82, 2.24) is 30.3 Å². The number of hydrogen-bond donors (Lipinski definition) is 2. The first-order chi connectivity index (χ1) is 9.74. The molecule has 3 heterocycles. The molecule has 0 fully saturated rings. The molecule has 0 bridgehead atoms. The van der Waals surface area contributed by atoms with Crippen LogP contribution in [0.15, 0.2) is 17.0 Å². The number of aromatic amines is 1. The van der Waals surface area contributed by atoms with E-state index >= 15 is 0 Å². The summed E-state index contributed by atoms with van der Waals surface area (Å²) in [6.07, 6.45) is 3.83. The summed E-state index contributed by atoms with van der Waals surface area (Å²) in [6, 6.07) is 0. The van der Waals surface area contributed by atoms with Gasteiger partial charge in [-0.05, 0) is 0 Å². The summed E-state index contributed by atoms with van der Waals surface area (Å²) in [5, 5.41) is 14.8. The third kappa shape index (κ3) is 2.44. The monoisotopic (exact) mass is 273 g/mol. The van der Waals surface area contributed by atoms with Crippen LogP contribution in [0.4, 0.5) is 5.82 Å². The minimum absolute atomic E-state index is 0.271. The van der Waals surface area contributed by atoms with E-state index in [9.17, 15) is 0 Å². The average molecular weight is 273 g/mol. The van der Waals surface area contributed by atoms with Crippen molar-refractivity contribution in [3.05, 3.63) is 24.2 Å². The predicted molar refractivity (Wildman–Crippen MR) is 72.3 cm³/mol. The maximum Gasteiger partial charge on any atom is 0.228 e. The molecule has 3 aromatic rings. The molecule has 3 rings (SSSR count). The number of hydrogen-bond acceptors (Lipinski definition) is 7. The zero-order valence-corrected chi connectivity index (χ0v) is 11.3. The molecule has 0 radical (unpaired) electrons. The van der Waals surface area contributed by atoms with Crippen molar-refractivity contribution < 1.29 is 4.52 Å². The Bertz CT molecular complexity index is 702. The molecular weight excluding hydrogens is 258 g/mol. The van der Waals surface area contributed by atoms with E-state index in [0.717, 1.165) is 17.0 Å². The highest BCUT2D eigenvalue weighted by Crippen LogP contribution is 2.16. The molecule has 0 aliphatic carbocycles. The summed E-state index contributed by atoms with van der Waals surface area (Å²) in [4.78, 5) is 12.6. The molecule has 8 heteroatoms. The first-order valence-corrected chi connectivity index (χ1v) is 6.44. The minimum atomic E-state index is 0.271. The van der Waals surface area contributed by atoms with Crippen LogP contribution in [-0.2, 0) is 6.42 Å². The van der Waals surface area contributed by atoms with E-state index in [1.807, 2.05) is 13.8 Å². The molecular formula is C12H15N7O. The number of rotatable bonds is 5. The standard InChI is InChI=1S/C12H15N7O/c1-7(2)10-17-9(20-19-10)3-4-13-11-8-5-16-18-12(8)15-6-14-11/h5-7H,3-4H2,1-2H3,(H2,13,14,15,16,18). The molecule has 104 valence electrons. The maximum atomic E-state index is 5.18. The third-order valence-electron chi connectivity index (χ3n) is 2.88. The molecule has 0 aromatic carbocycles. The second kappa shape index (κ2) is 5.24. The highest BCUT2D eigenvalue weighted by Gasteiger charge is 2.10. The number of fused-ring (bicyclic) bond motifs is 1. The number of anilines is 1. The van der Waals surface area contributed by atoms with Crippen LogP contribution in [-0.4, -0.2) is 36.9 Å². The number of aromatic nitrogens is 6. The topological polar surface area (TPSA) is 105 Å². The van der Waals surface area contributed by atoms with Gasteiger partial charge in [-0.2, -0.15) is 10.1 Å². The Kier molecular flexibility index (Phi) is 3.28. The van der Waals surface area contributed by atoms with Crippen LogP contribution >= 0.6 is 0 Å². The largest absolute Gasteiger partial charge is 0.369 e. The molecule has 2 N–H and O–H groups in total. The fourth-order valence-corrected chi connectivity index (χ4v) is 1.80. The van der Waals surface area contributed by atoms with Crippen LogP contribution in [0.5, 0.6) is 0 Å². The van der Waals surface area contributed by atoms with Gasteiger partial charge in [0.1, 0.15) is 12.1 Å². The molecule has 0 atom stereocenters. The van der Waals surface area contributed by atoms with Crippen LogP contribution in [0.25, 0.3) is 11.0 Å². The summed E-state index contributed by atoms with van der Waals surface area (Å²) in [6.45, 7) is 4.71. The molecule has 0 saturated heterocycles. The molecule has 8 nitrogen and oxygen atoms in total. The third-order valence-corrected chi connectivity index (χ3v) is 2.88. The van der Waals surface area contributed by atoms with E-state index < -0.39 is 0 Å². The maximum absolute atomic E-state index is 5.18. The number of nitrogens with zero attached hydrogens (tertiary/aromatic N) is 5. The van der Waals surface area contributed by atoms with Gasteiger partial charge in [0.15, 0.2) is 11.5 Å². The first-order valence-electron chi connectivity index (χ1n) is 6.44. The van der Waals surface area contributed by atoms with Crippen molar-refractivity contribution in [3.63, 3.8) is 0 Å². The lowest BCUT2D eigenvalue weighted by atomic mass is 10.2. The Morgan fingerprint density at radius 3 is 3.05 bits per heavy atom. The van der Waals surface area contributed by atoms with Crippen molar-refractivity contribution in [2.75, 3.05) is 11.9 Å². The molecule has 0 saturated carbocycles. The van der Waals surface area contributed by atoms with Gasteiger partial charge in [-0.3, -0.25) is 5.10 Å². The van der Waals surface area contributed by atoms with E-state index in [1.54, 1.807) is 6.20 Å². The van der Waals surface area contributed by atoms with E-state index in [2.05, 4.69) is 35.6 Å². The van der Waals surface area contributed by atoms with Crippen molar-refractivity contribution in [2.24, 2.45) is 0 Å². The van der Waals surface area contributed by atoms with Crippen molar-refractivity contribution in [2.45, 2.75) is 26.2 Å². The Hall–Kier alpha value is -2.51. The fourth-order valence-electron chi connectivity index (χ4n) is 1.80. The van der Waals surface area contributed by atoms with Gasteiger partial charge in [-0.25, -0.2) is 9.97 Å². The lowest BCUT2D eigenvalue weighted by Crippen LogP contribution is -2.07. The summed E-state index contributed by atoms with van der Waals surface area (Å²) in [7, 11) is 0. The average Bonchev–Trinajstić information content (AvgIpc) is 3.07. The number of H-pyrrole nitrogens is 1. The minimum Gasteiger partial charge on any atom is -0.369 e. The van der Waals surface area contributed by atoms with E-state index in [1.165, 1.54) is 6.33 Å². The van der Waals surface area contributed by atoms with E-state index in [0.29, 0.717) is 24.5 Å².